The predicted molar refractivity (Wildman–Crippen MR) is 133 cm³/mol. The first-order chi connectivity index (χ1) is 15.5. The molecule has 0 spiro atoms. The van der Waals surface area contributed by atoms with E-state index in [1.807, 2.05) is 80.7 Å². The molecule has 0 N–H and O–H groups in total. The molecule has 2 heterocycles. The lowest BCUT2D eigenvalue weighted by molar-refractivity contribution is 0.151. The van der Waals surface area contributed by atoms with Crippen LogP contribution in [-0.4, -0.2) is 46.2 Å². The van der Waals surface area contributed by atoms with Crippen molar-refractivity contribution in [3.63, 3.8) is 0 Å². The van der Waals surface area contributed by atoms with Crippen LogP contribution >= 0.6 is 0 Å². The van der Waals surface area contributed by atoms with Crippen LogP contribution in [-0.2, 0) is 16.5 Å². The van der Waals surface area contributed by atoms with Crippen LogP contribution in [0.2, 0.25) is 0 Å². The number of allylic oxidation sites excluding steroid dienone is 4. The lowest BCUT2D eigenvalue weighted by atomic mass is 10.2. The first-order valence-electron chi connectivity index (χ1n) is 11.5. The van der Waals surface area contributed by atoms with Crippen LogP contribution < -0.4 is 4.74 Å². The average molecular weight is 447 g/mol. The summed E-state index contributed by atoms with van der Waals surface area (Å²) in [7, 11) is 1.86. The summed E-state index contributed by atoms with van der Waals surface area (Å²) in [5.74, 6) is 1.99. The molecule has 2 rings (SSSR count). The first-order valence-corrected chi connectivity index (χ1v) is 11.5. The fourth-order valence-electron chi connectivity index (χ4n) is 2.71. The lowest BCUT2D eigenvalue weighted by Crippen LogP contribution is -2.09. The molecule has 0 radical (unpaired) electrons. The van der Waals surface area contributed by atoms with Gasteiger partial charge in [-0.05, 0) is 45.8 Å². The van der Waals surface area contributed by atoms with Crippen molar-refractivity contribution < 1.29 is 14.2 Å². The summed E-state index contributed by atoms with van der Waals surface area (Å²) < 4.78 is 18.7. The molecule has 0 aliphatic heterocycles. The fraction of sp³-hybridized carbons (Fsp3) is 0.560. The minimum Gasteiger partial charge on any atom is -0.495 e. The topological polar surface area (TPSA) is 71.3 Å². The van der Waals surface area contributed by atoms with E-state index in [2.05, 4.69) is 21.6 Å². The van der Waals surface area contributed by atoms with Gasteiger partial charge in [0.15, 0.2) is 0 Å². The largest absolute Gasteiger partial charge is 0.495 e. The molecule has 0 atom stereocenters. The zero-order valence-electron chi connectivity index (χ0n) is 21.5. The monoisotopic (exact) mass is 446 g/mol. The molecule has 0 unspecified atom stereocenters. The normalized spacial score (nSPS) is 11.3. The Bertz CT molecular complexity index is 870. The molecule has 0 fully saturated rings. The molecule has 0 amide bonds. The third kappa shape index (κ3) is 9.64. The van der Waals surface area contributed by atoms with E-state index < -0.39 is 0 Å². The molecule has 0 saturated carbocycles. The molecule has 0 bridgehead atoms. The first kappa shape index (κ1) is 29.3. The zero-order chi connectivity index (χ0) is 24.5. The van der Waals surface area contributed by atoms with E-state index in [1.54, 1.807) is 4.68 Å². The Labute approximate surface area is 194 Å². The number of rotatable bonds is 11. The van der Waals surface area contributed by atoms with Crippen LogP contribution in [0.4, 0.5) is 0 Å². The Morgan fingerprint density at radius 2 is 1.72 bits per heavy atom. The number of ether oxygens (including phenoxy) is 3. The second kappa shape index (κ2) is 17.0. The van der Waals surface area contributed by atoms with Crippen LogP contribution in [0, 0.1) is 13.8 Å². The number of aryl methyl sites for hydroxylation is 3. The number of aromatic nitrogens is 4. The van der Waals surface area contributed by atoms with Crippen molar-refractivity contribution in [3.05, 3.63) is 47.7 Å². The van der Waals surface area contributed by atoms with E-state index in [-0.39, 0.29) is 0 Å². The third-order valence-corrected chi connectivity index (χ3v) is 4.12. The van der Waals surface area contributed by atoms with Crippen LogP contribution in [0.15, 0.2) is 36.1 Å². The summed E-state index contributed by atoms with van der Waals surface area (Å²) in [6, 6.07) is 0. The van der Waals surface area contributed by atoms with Gasteiger partial charge in [-0.3, -0.25) is 4.68 Å². The highest BCUT2D eigenvalue weighted by atomic mass is 16.5. The zero-order valence-corrected chi connectivity index (χ0v) is 21.5. The summed E-state index contributed by atoms with van der Waals surface area (Å²) in [6.07, 6.45) is 6.60. The Hall–Kier alpha value is -2.67. The smallest absolute Gasteiger partial charge is 0.243 e. The summed E-state index contributed by atoms with van der Waals surface area (Å²) >= 11 is 0. The van der Waals surface area contributed by atoms with Crippen molar-refractivity contribution in [1.82, 2.24) is 19.7 Å². The second-order valence-electron chi connectivity index (χ2n) is 6.35. The fourth-order valence-corrected chi connectivity index (χ4v) is 2.71. The summed E-state index contributed by atoms with van der Waals surface area (Å²) in [6.45, 7) is 21.7. The van der Waals surface area contributed by atoms with E-state index in [1.165, 1.54) is 0 Å². The van der Waals surface area contributed by atoms with Crippen LogP contribution in [0.25, 0.3) is 11.0 Å². The quantitative estimate of drug-likeness (QED) is 0.244. The van der Waals surface area contributed by atoms with E-state index >= 15 is 0 Å². The van der Waals surface area contributed by atoms with Crippen molar-refractivity contribution in [2.45, 2.75) is 61.8 Å². The number of hydrogen-bond acceptors (Lipinski definition) is 6. The number of hydrogen-bond donors (Lipinski definition) is 0. The molecule has 2 aromatic heterocycles. The predicted octanol–water partition coefficient (Wildman–Crippen LogP) is 5.87. The van der Waals surface area contributed by atoms with Gasteiger partial charge >= 0.3 is 0 Å². The van der Waals surface area contributed by atoms with E-state index in [0.29, 0.717) is 31.5 Å². The SMILES string of the molecule is C=C/C(=C\C=C(/C)OCCOc1nc(C)nc2c(C)nn(C)c12)CCOCC.CC.CC. The van der Waals surface area contributed by atoms with Gasteiger partial charge in [0.25, 0.3) is 0 Å². The van der Waals surface area contributed by atoms with E-state index in [0.717, 1.165) is 41.1 Å². The van der Waals surface area contributed by atoms with Crippen molar-refractivity contribution in [3.8, 4) is 5.88 Å². The maximum atomic E-state index is 5.84. The van der Waals surface area contributed by atoms with Crippen LogP contribution in [0.1, 0.15) is 59.5 Å². The molecule has 0 aromatic carbocycles. The highest BCUT2D eigenvalue weighted by Crippen LogP contribution is 2.24. The lowest BCUT2D eigenvalue weighted by Gasteiger charge is -2.09. The van der Waals surface area contributed by atoms with Crippen LogP contribution in [0.3, 0.4) is 0 Å². The van der Waals surface area contributed by atoms with Gasteiger partial charge in [0.2, 0.25) is 5.88 Å². The highest BCUT2D eigenvalue weighted by molar-refractivity contribution is 5.82. The Kier molecular flexibility index (Phi) is 15.5. The second-order valence-corrected chi connectivity index (χ2v) is 6.35. The van der Waals surface area contributed by atoms with Crippen molar-refractivity contribution >= 4 is 11.0 Å². The van der Waals surface area contributed by atoms with Gasteiger partial charge in [0.1, 0.15) is 30.1 Å². The number of fused-ring (bicyclic) bond motifs is 1. The van der Waals surface area contributed by atoms with Gasteiger partial charge < -0.3 is 14.2 Å². The van der Waals surface area contributed by atoms with Gasteiger partial charge in [-0.15, -0.1) is 0 Å². The third-order valence-electron chi connectivity index (χ3n) is 4.12. The van der Waals surface area contributed by atoms with Gasteiger partial charge in [0.05, 0.1) is 18.1 Å². The Balaban J connectivity index is 0.00000227. The summed E-state index contributed by atoms with van der Waals surface area (Å²) in [5, 5.41) is 4.39. The Morgan fingerprint density at radius 3 is 2.34 bits per heavy atom. The van der Waals surface area contributed by atoms with Crippen LogP contribution in [0.5, 0.6) is 5.88 Å². The molecule has 7 nitrogen and oxygen atoms in total. The molecule has 7 heteroatoms. The molecule has 32 heavy (non-hydrogen) atoms. The minimum atomic E-state index is 0.378. The van der Waals surface area contributed by atoms with E-state index in [9.17, 15) is 0 Å². The maximum absolute atomic E-state index is 5.84. The standard InChI is InChI=1S/C21H30N4O3.2C2H6/c1-7-18(11-12-26-8-2)10-9-15(3)27-13-14-28-21-20-19(22-17(5)23-21)16(4)24-25(20)6;2*1-2/h7,9-10H,1,8,11-14H2,2-6H3;2*1-2H3/b15-9+,18-10+;;. The van der Waals surface area contributed by atoms with E-state index in [4.69, 9.17) is 14.2 Å². The molecule has 2 aromatic rings. The van der Waals surface area contributed by atoms with Gasteiger partial charge in [-0.1, -0.05) is 46.4 Å². The molecular weight excluding hydrogens is 404 g/mol. The van der Waals surface area contributed by atoms with Crippen molar-refractivity contribution in [2.75, 3.05) is 26.4 Å². The molecule has 0 aliphatic rings. The molecule has 180 valence electrons. The number of nitrogens with zero attached hydrogens (tertiary/aromatic N) is 4. The van der Waals surface area contributed by atoms with Crippen molar-refractivity contribution in [2.24, 2.45) is 7.05 Å². The minimum absolute atomic E-state index is 0.378. The molecule has 0 saturated heterocycles. The average Bonchev–Trinajstić information content (AvgIpc) is 3.09. The molecule has 0 aliphatic carbocycles. The summed E-state index contributed by atoms with van der Waals surface area (Å²) in [4.78, 5) is 8.85. The summed E-state index contributed by atoms with van der Waals surface area (Å²) in [5.41, 5.74) is 3.58. The molecular formula is C25H42N4O3. The van der Waals surface area contributed by atoms with Gasteiger partial charge in [-0.25, -0.2) is 4.98 Å². The maximum Gasteiger partial charge on any atom is 0.243 e. The van der Waals surface area contributed by atoms with Gasteiger partial charge in [0, 0.05) is 13.7 Å². The Morgan fingerprint density at radius 1 is 1.03 bits per heavy atom. The highest BCUT2D eigenvalue weighted by Gasteiger charge is 2.14. The van der Waals surface area contributed by atoms with Gasteiger partial charge in [-0.2, -0.15) is 10.1 Å². The van der Waals surface area contributed by atoms with Crippen molar-refractivity contribution in [1.29, 1.82) is 0 Å².